The van der Waals surface area contributed by atoms with E-state index in [0.717, 1.165) is 22.6 Å². The van der Waals surface area contributed by atoms with E-state index < -0.39 is 12.1 Å². The Morgan fingerprint density at radius 1 is 1.14 bits per heavy atom. The van der Waals surface area contributed by atoms with Gasteiger partial charge in [0, 0.05) is 18.4 Å². The number of hydrogen-bond acceptors (Lipinski definition) is 6. The Kier molecular flexibility index (Phi) is 7.03. The summed E-state index contributed by atoms with van der Waals surface area (Å²) in [6, 6.07) is 17.1. The van der Waals surface area contributed by atoms with Crippen LogP contribution in [0, 0.1) is 6.92 Å². The van der Waals surface area contributed by atoms with Crippen molar-refractivity contribution in [3.63, 3.8) is 0 Å². The van der Waals surface area contributed by atoms with Gasteiger partial charge in [0.1, 0.15) is 11.5 Å². The maximum absolute atomic E-state index is 11.5. The molecule has 0 aliphatic carbocycles. The molecule has 0 saturated carbocycles. The van der Waals surface area contributed by atoms with Gasteiger partial charge in [-0.25, -0.2) is 9.78 Å². The molecule has 1 heterocycles. The fourth-order valence-corrected chi connectivity index (χ4v) is 2.90. The summed E-state index contributed by atoms with van der Waals surface area (Å²) in [6.45, 7) is 4.32. The van der Waals surface area contributed by atoms with Crippen LogP contribution in [0.25, 0.3) is 11.5 Å². The third kappa shape index (κ3) is 5.68. The molecule has 0 radical (unpaired) electrons. The van der Waals surface area contributed by atoms with Crippen LogP contribution in [0.4, 0.5) is 0 Å². The molecule has 0 fully saturated rings. The molecular formula is C23H25NO5. The molecule has 1 aromatic heterocycles. The van der Waals surface area contributed by atoms with Crippen LogP contribution < -0.4 is 4.74 Å². The summed E-state index contributed by atoms with van der Waals surface area (Å²) in [6.07, 6.45) is -0.318. The molecule has 1 N–H and O–H groups in total. The van der Waals surface area contributed by atoms with E-state index in [1.54, 1.807) is 6.92 Å². The maximum atomic E-state index is 11.5. The number of ether oxygens (including phenoxy) is 2. The summed E-state index contributed by atoms with van der Waals surface area (Å²) >= 11 is 0. The van der Waals surface area contributed by atoms with E-state index >= 15 is 0 Å². The Bertz CT molecular complexity index is 918. The SMILES string of the molecule is CCOC(=O)C(O)Cc1ccc(OCCc2nc(-c3ccccc3)oc2C)cc1. The molecule has 6 heteroatoms. The van der Waals surface area contributed by atoms with Crippen LogP contribution in [-0.4, -0.2) is 35.4 Å². The van der Waals surface area contributed by atoms with Crippen LogP contribution in [0.1, 0.15) is 23.9 Å². The van der Waals surface area contributed by atoms with Gasteiger partial charge in [0.2, 0.25) is 5.89 Å². The van der Waals surface area contributed by atoms with Gasteiger partial charge in [0.25, 0.3) is 0 Å². The van der Waals surface area contributed by atoms with Gasteiger partial charge < -0.3 is 19.0 Å². The van der Waals surface area contributed by atoms with Crippen molar-refractivity contribution in [2.24, 2.45) is 0 Å². The predicted octanol–water partition coefficient (Wildman–Crippen LogP) is 3.74. The summed E-state index contributed by atoms with van der Waals surface area (Å²) in [5.41, 5.74) is 2.65. The molecule has 0 saturated heterocycles. The summed E-state index contributed by atoms with van der Waals surface area (Å²) < 4.78 is 16.4. The highest BCUT2D eigenvalue weighted by Crippen LogP contribution is 2.22. The molecule has 0 bridgehead atoms. The number of aryl methyl sites for hydroxylation is 1. The first-order valence-electron chi connectivity index (χ1n) is 9.65. The number of esters is 1. The van der Waals surface area contributed by atoms with Crippen molar-refractivity contribution in [1.29, 1.82) is 0 Å². The number of aromatic nitrogens is 1. The topological polar surface area (TPSA) is 81.8 Å². The van der Waals surface area contributed by atoms with Crippen molar-refractivity contribution in [2.75, 3.05) is 13.2 Å². The third-order valence-corrected chi connectivity index (χ3v) is 4.43. The molecule has 3 aromatic rings. The van der Waals surface area contributed by atoms with Crippen LogP contribution in [-0.2, 0) is 22.4 Å². The molecular weight excluding hydrogens is 370 g/mol. The fourth-order valence-electron chi connectivity index (χ4n) is 2.90. The minimum atomic E-state index is -1.16. The second-order valence-corrected chi connectivity index (χ2v) is 6.60. The van der Waals surface area contributed by atoms with Gasteiger partial charge >= 0.3 is 5.97 Å². The molecule has 1 unspecified atom stereocenters. The average molecular weight is 395 g/mol. The highest BCUT2D eigenvalue weighted by atomic mass is 16.5. The van der Waals surface area contributed by atoms with Crippen molar-refractivity contribution >= 4 is 5.97 Å². The third-order valence-electron chi connectivity index (χ3n) is 4.43. The smallest absolute Gasteiger partial charge is 0.335 e. The van der Waals surface area contributed by atoms with Crippen LogP contribution in [0.2, 0.25) is 0 Å². The molecule has 2 aromatic carbocycles. The molecule has 0 aliphatic rings. The number of hydrogen-bond donors (Lipinski definition) is 1. The van der Waals surface area contributed by atoms with Crippen LogP contribution in [0.5, 0.6) is 5.75 Å². The number of aliphatic hydroxyl groups is 1. The summed E-state index contributed by atoms with van der Waals surface area (Å²) in [5, 5.41) is 9.83. The lowest BCUT2D eigenvalue weighted by Crippen LogP contribution is -2.25. The number of aliphatic hydroxyl groups excluding tert-OH is 1. The molecule has 0 aliphatic heterocycles. The van der Waals surface area contributed by atoms with E-state index in [1.807, 2.05) is 61.5 Å². The zero-order chi connectivity index (χ0) is 20.6. The fraction of sp³-hybridized carbons (Fsp3) is 0.304. The lowest BCUT2D eigenvalue weighted by Gasteiger charge is -2.10. The predicted molar refractivity (Wildman–Crippen MR) is 109 cm³/mol. The Labute approximate surface area is 170 Å². The van der Waals surface area contributed by atoms with Gasteiger partial charge in [-0.15, -0.1) is 0 Å². The number of oxazole rings is 1. The normalized spacial score (nSPS) is 11.8. The van der Waals surface area contributed by atoms with Gasteiger partial charge in [0.15, 0.2) is 6.10 Å². The summed E-state index contributed by atoms with van der Waals surface area (Å²) in [7, 11) is 0. The van der Waals surface area contributed by atoms with Crippen molar-refractivity contribution in [3.05, 3.63) is 71.6 Å². The van der Waals surface area contributed by atoms with Gasteiger partial charge in [-0.1, -0.05) is 30.3 Å². The second-order valence-electron chi connectivity index (χ2n) is 6.60. The van der Waals surface area contributed by atoms with Gasteiger partial charge in [-0.2, -0.15) is 0 Å². The van der Waals surface area contributed by atoms with Crippen molar-refractivity contribution in [3.8, 4) is 17.2 Å². The maximum Gasteiger partial charge on any atom is 0.335 e. The van der Waals surface area contributed by atoms with E-state index in [9.17, 15) is 9.90 Å². The lowest BCUT2D eigenvalue weighted by molar-refractivity contribution is -0.152. The second kappa shape index (κ2) is 9.89. The van der Waals surface area contributed by atoms with E-state index in [4.69, 9.17) is 13.9 Å². The number of nitrogens with zero attached hydrogens (tertiary/aromatic N) is 1. The number of benzene rings is 2. The minimum Gasteiger partial charge on any atom is -0.493 e. The highest BCUT2D eigenvalue weighted by molar-refractivity contribution is 5.74. The number of carbonyl (C=O) groups excluding carboxylic acids is 1. The monoisotopic (exact) mass is 395 g/mol. The zero-order valence-electron chi connectivity index (χ0n) is 16.6. The Hall–Kier alpha value is -3.12. The zero-order valence-corrected chi connectivity index (χ0v) is 16.6. The lowest BCUT2D eigenvalue weighted by atomic mass is 10.1. The van der Waals surface area contributed by atoms with E-state index in [-0.39, 0.29) is 13.0 Å². The number of carbonyl (C=O) groups is 1. The molecule has 152 valence electrons. The van der Waals surface area contributed by atoms with Crippen LogP contribution >= 0.6 is 0 Å². The first-order chi connectivity index (χ1) is 14.1. The molecule has 6 nitrogen and oxygen atoms in total. The highest BCUT2D eigenvalue weighted by Gasteiger charge is 2.16. The standard InChI is InChI=1S/C23H25NO5/c1-3-27-23(26)21(25)15-17-9-11-19(12-10-17)28-14-13-20-16(2)29-22(24-20)18-7-5-4-6-8-18/h4-12,21,25H,3,13-15H2,1-2H3. The Balaban J connectivity index is 1.51. The minimum absolute atomic E-state index is 0.208. The van der Waals surface area contributed by atoms with Crippen molar-refractivity contribution in [2.45, 2.75) is 32.8 Å². The number of rotatable bonds is 9. The molecule has 29 heavy (non-hydrogen) atoms. The molecule has 1 atom stereocenters. The molecule has 0 amide bonds. The van der Waals surface area contributed by atoms with E-state index in [2.05, 4.69) is 4.98 Å². The quantitative estimate of drug-likeness (QED) is 0.556. The first kappa shape index (κ1) is 20.6. The van der Waals surface area contributed by atoms with Gasteiger partial charge in [-0.3, -0.25) is 0 Å². The van der Waals surface area contributed by atoms with Gasteiger partial charge in [-0.05, 0) is 43.7 Å². The first-order valence-corrected chi connectivity index (χ1v) is 9.65. The molecule has 0 spiro atoms. The van der Waals surface area contributed by atoms with Crippen LogP contribution in [0.15, 0.2) is 59.0 Å². The van der Waals surface area contributed by atoms with E-state index in [1.165, 1.54) is 0 Å². The van der Waals surface area contributed by atoms with Crippen molar-refractivity contribution < 1.29 is 23.8 Å². The van der Waals surface area contributed by atoms with Crippen LogP contribution in [0.3, 0.4) is 0 Å². The summed E-state index contributed by atoms with van der Waals surface area (Å²) in [4.78, 5) is 16.1. The average Bonchev–Trinajstić information content (AvgIpc) is 3.11. The Morgan fingerprint density at radius 3 is 2.55 bits per heavy atom. The Morgan fingerprint density at radius 2 is 1.86 bits per heavy atom. The van der Waals surface area contributed by atoms with Crippen molar-refractivity contribution in [1.82, 2.24) is 4.98 Å². The summed E-state index contributed by atoms with van der Waals surface area (Å²) in [5.74, 6) is 1.51. The largest absolute Gasteiger partial charge is 0.493 e. The van der Waals surface area contributed by atoms with E-state index in [0.29, 0.717) is 24.7 Å². The molecule has 3 rings (SSSR count). The van der Waals surface area contributed by atoms with Gasteiger partial charge in [0.05, 0.1) is 18.9 Å².